The van der Waals surface area contributed by atoms with Gasteiger partial charge in [0.25, 0.3) is 5.91 Å². The summed E-state index contributed by atoms with van der Waals surface area (Å²) in [6, 6.07) is 16.1. The second kappa shape index (κ2) is 12.0. The number of carbonyl (C=O) groups excluding carboxylic acids is 2. The molecule has 4 N–H and O–H groups in total. The van der Waals surface area contributed by atoms with Crippen molar-refractivity contribution in [1.29, 1.82) is 0 Å². The van der Waals surface area contributed by atoms with Crippen molar-refractivity contribution >= 4 is 29.6 Å². The van der Waals surface area contributed by atoms with Crippen LogP contribution in [0.15, 0.2) is 66.4 Å². The maximum absolute atomic E-state index is 13.0. The first kappa shape index (κ1) is 27.6. The van der Waals surface area contributed by atoms with Gasteiger partial charge in [0.05, 0.1) is 12.2 Å². The van der Waals surface area contributed by atoms with Crippen LogP contribution >= 0.6 is 0 Å². The molecule has 1 atom stereocenters. The summed E-state index contributed by atoms with van der Waals surface area (Å²) in [6.45, 7) is 5.62. The van der Waals surface area contributed by atoms with E-state index in [1.54, 1.807) is 30.3 Å². The Balaban J connectivity index is 1.43. The van der Waals surface area contributed by atoms with Crippen LogP contribution in [-0.2, 0) is 14.9 Å². The highest BCUT2D eigenvalue weighted by Gasteiger charge is 2.20. The molecule has 204 valence electrons. The molecule has 2 heterocycles. The number of nitrogens with zero attached hydrogens (tertiary/aromatic N) is 1. The first-order chi connectivity index (χ1) is 18.6. The molecule has 0 saturated heterocycles. The van der Waals surface area contributed by atoms with Gasteiger partial charge in [-0.3, -0.25) is 10.1 Å². The monoisotopic (exact) mass is 533 g/mol. The highest BCUT2D eigenvalue weighted by molar-refractivity contribution is 6.07. The van der Waals surface area contributed by atoms with E-state index in [0.29, 0.717) is 34.1 Å². The number of pyridine rings is 1. The molecule has 0 aliphatic carbocycles. The molecule has 1 aromatic heterocycles. The normalized spacial score (nSPS) is 13.3. The highest BCUT2D eigenvalue weighted by atomic mass is 16.6. The predicted octanol–water partition coefficient (Wildman–Crippen LogP) is 4.49. The van der Waals surface area contributed by atoms with E-state index in [2.05, 4.69) is 36.4 Å². The van der Waals surface area contributed by atoms with Crippen molar-refractivity contribution in [3.63, 3.8) is 0 Å². The number of hydrogen-bond acceptors (Lipinski definition) is 8. The van der Waals surface area contributed by atoms with Crippen LogP contribution < -0.4 is 20.1 Å². The summed E-state index contributed by atoms with van der Waals surface area (Å²) in [7, 11) is 0. The molecule has 39 heavy (non-hydrogen) atoms. The van der Waals surface area contributed by atoms with Gasteiger partial charge in [-0.2, -0.15) is 0 Å². The quantitative estimate of drug-likeness (QED) is 0.332. The fraction of sp³-hybridized carbons (Fsp3) is 0.276. The third kappa shape index (κ3) is 7.56. The van der Waals surface area contributed by atoms with Crippen molar-refractivity contribution in [1.82, 2.24) is 4.98 Å². The largest absolute Gasteiger partial charge is 0.488 e. The van der Waals surface area contributed by atoms with E-state index in [4.69, 9.17) is 19.3 Å². The van der Waals surface area contributed by atoms with Gasteiger partial charge in [-0.1, -0.05) is 32.9 Å². The van der Waals surface area contributed by atoms with E-state index in [-0.39, 0.29) is 30.4 Å². The lowest BCUT2D eigenvalue weighted by Gasteiger charge is -2.21. The molecule has 1 aliphatic heterocycles. The van der Waals surface area contributed by atoms with E-state index < -0.39 is 18.8 Å². The molecule has 2 aromatic carbocycles. The first-order valence-corrected chi connectivity index (χ1v) is 12.4. The number of aromatic nitrogens is 1. The van der Waals surface area contributed by atoms with Crippen molar-refractivity contribution in [3.8, 4) is 17.2 Å². The Bertz CT molecular complexity index is 1380. The Morgan fingerprint density at radius 3 is 2.64 bits per heavy atom. The average Bonchev–Trinajstić information content (AvgIpc) is 2.91. The van der Waals surface area contributed by atoms with Crippen LogP contribution in [0.2, 0.25) is 0 Å². The fourth-order valence-corrected chi connectivity index (χ4v) is 3.67. The lowest BCUT2D eigenvalue weighted by molar-refractivity contribution is -0.113. The second-order valence-corrected chi connectivity index (χ2v) is 9.98. The topological polar surface area (TPSA) is 139 Å². The second-order valence-electron chi connectivity index (χ2n) is 9.98. The molecule has 0 radical (unpaired) electrons. The lowest BCUT2D eigenvalue weighted by Crippen LogP contribution is -2.24. The molecular formula is C29H31N3O7. The van der Waals surface area contributed by atoms with Gasteiger partial charge in [0.2, 0.25) is 0 Å². The van der Waals surface area contributed by atoms with Crippen molar-refractivity contribution in [2.45, 2.75) is 32.3 Å². The maximum Gasteiger partial charge on any atom is 0.412 e. The minimum Gasteiger partial charge on any atom is -0.488 e. The number of anilines is 2. The van der Waals surface area contributed by atoms with Gasteiger partial charge >= 0.3 is 6.09 Å². The molecule has 4 rings (SSSR count). The number of aliphatic hydroxyl groups is 2. The first-order valence-electron chi connectivity index (χ1n) is 12.4. The molecular weight excluding hydrogens is 502 g/mol. The van der Waals surface area contributed by atoms with E-state index in [0.717, 1.165) is 5.56 Å². The van der Waals surface area contributed by atoms with Crippen molar-refractivity contribution < 1.29 is 34.0 Å². The van der Waals surface area contributed by atoms with Gasteiger partial charge in [-0.15, -0.1) is 0 Å². The summed E-state index contributed by atoms with van der Waals surface area (Å²) in [4.78, 5) is 28.9. The van der Waals surface area contributed by atoms with Gasteiger partial charge in [0, 0.05) is 23.5 Å². The average molecular weight is 534 g/mol. The molecule has 0 bridgehead atoms. The lowest BCUT2D eigenvalue weighted by atomic mass is 9.87. The molecule has 0 spiro atoms. The fourth-order valence-electron chi connectivity index (χ4n) is 3.67. The molecule has 1 aliphatic rings. The Hall–Kier alpha value is -4.41. The predicted molar refractivity (Wildman–Crippen MR) is 146 cm³/mol. The summed E-state index contributed by atoms with van der Waals surface area (Å²) >= 11 is 0. The molecule has 0 fully saturated rings. The number of fused-ring (bicyclic) bond motifs is 1. The van der Waals surface area contributed by atoms with Crippen LogP contribution in [0.3, 0.4) is 0 Å². The van der Waals surface area contributed by atoms with Gasteiger partial charge in [0.15, 0.2) is 0 Å². The molecule has 10 heteroatoms. The molecule has 0 saturated carbocycles. The minimum atomic E-state index is -1.16. The number of carbonyl (C=O) groups is 2. The third-order valence-electron chi connectivity index (χ3n) is 5.79. The van der Waals surface area contributed by atoms with Crippen LogP contribution in [-0.4, -0.2) is 53.1 Å². The Labute approximate surface area is 226 Å². The van der Waals surface area contributed by atoms with Crippen molar-refractivity contribution in [2.75, 3.05) is 30.5 Å². The Kier molecular flexibility index (Phi) is 8.48. The van der Waals surface area contributed by atoms with E-state index >= 15 is 0 Å². The van der Waals surface area contributed by atoms with Crippen LogP contribution in [0.25, 0.3) is 6.08 Å². The van der Waals surface area contributed by atoms with Gasteiger partial charge < -0.3 is 29.7 Å². The number of ether oxygens (including phenoxy) is 3. The summed E-state index contributed by atoms with van der Waals surface area (Å²) < 4.78 is 16.5. The van der Waals surface area contributed by atoms with E-state index in [1.807, 2.05) is 24.3 Å². The molecule has 10 nitrogen and oxygen atoms in total. The number of aliphatic hydroxyl groups excluding tert-OH is 2. The van der Waals surface area contributed by atoms with E-state index in [9.17, 15) is 14.7 Å². The zero-order chi connectivity index (χ0) is 28.0. The van der Waals surface area contributed by atoms with E-state index in [1.165, 1.54) is 12.3 Å². The summed E-state index contributed by atoms with van der Waals surface area (Å²) in [6.07, 6.45) is 1.22. The number of benzene rings is 2. The van der Waals surface area contributed by atoms with Gasteiger partial charge in [-0.05, 0) is 53.5 Å². The Morgan fingerprint density at radius 1 is 1.08 bits per heavy atom. The minimum absolute atomic E-state index is 0.0396. The number of hydrogen-bond donors (Lipinski definition) is 4. The van der Waals surface area contributed by atoms with Crippen molar-refractivity contribution in [2.24, 2.45) is 0 Å². The summed E-state index contributed by atoms with van der Waals surface area (Å²) in [5.74, 6) is 1.43. The van der Waals surface area contributed by atoms with Crippen molar-refractivity contribution in [3.05, 3.63) is 77.5 Å². The van der Waals surface area contributed by atoms with Crippen LogP contribution in [0, 0.1) is 0 Å². The van der Waals surface area contributed by atoms with Crippen LogP contribution in [0.1, 0.15) is 31.9 Å². The highest BCUT2D eigenvalue weighted by Crippen LogP contribution is 2.33. The number of amides is 2. The summed E-state index contributed by atoms with van der Waals surface area (Å²) in [5.41, 5.74) is 2.95. The smallest absolute Gasteiger partial charge is 0.412 e. The number of nitrogens with one attached hydrogen (secondary N) is 2. The summed E-state index contributed by atoms with van der Waals surface area (Å²) in [5, 5.41) is 23.5. The Morgan fingerprint density at radius 2 is 1.87 bits per heavy atom. The SMILES string of the molecule is CC(C)(C)c1cccc(NC(=O)C2=Cc3cc(Oc4ccnc(NC(=O)OCC(O)CO)c4)ccc3OC2)c1. The van der Waals surface area contributed by atoms with Crippen LogP contribution in [0.4, 0.5) is 16.3 Å². The number of rotatable bonds is 8. The van der Waals surface area contributed by atoms with Gasteiger partial charge in [0.1, 0.15) is 42.4 Å². The zero-order valence-corrected chi connectivity index (χ0v) is 21.9. The maximum atomic E-state index is 13.0. The van der Waals surface area contributed by atoms with Gasteiger partial charge in [-0.25, -0.2) is 9.78 Å². The zero-order valence-electron chi connectivity index (χ0n) is 21.9. The third-order valence-corrected chi connectivity index (χ3v) is 5.79. The molecule has 3 aromatic rings. The standard InChI is InChI=1S/C29H31N3O7/c1-29(2,3)20-5-4-6-21(13-20)31-27(35)19-11-18-12-23(7-8-25(18)37-16-19)39-24-9-10-30-26(14-24)32-28(36)38-17-22(34)15-33/h4-14,22,33-34H,15-17H2,1-3H3,(H,31,35)(H,30,32,36). The molecule has 2 amide bonds. The van der Waals surface area contributed by atoms with Crippen LogP contribution in [0.5, 0.6) is 17.2 Å². The molecule has 1 unspecified atom stereocenters.